The lowest BCUT2D eigenvalue weighted by molar-refractivity contribution is -0.131. The average molecular weight is 312 g/mol. The van der Waals surface area contributed by atoms with Gasteiger partial charge >= 0.3 is 6.61 Å². The third-order valence-electron chi connectivity index (χ3n) is 4.15. The molecule has 2 N–H and O–H groups in total. The summed E-state index contributed by atoms with van der Waals surface area (Å²) in [5.41, 5.74) is 6.86. The number of carbonyl (C=O) groups is 1. The molecule has 0 aromatic heterocycles. The number of benzene rings is 1. The predicted molar refractivity (Wildman–Crippen MR) is 79.5 cm³/mol. The van der Waals surface area contributed by atoms with E-state index in [1.165, 1.54) is 12.1 Å². The first-order chi connectivity index (χ1) is 10.5. The number of carbonyl (C=O) groups excluding carboxylic acids is 1. The first-order valence-electron chi connectivity index (χ1n) is 7.49. The Bertz CT molecular complexity index is 493. The largest absolute Gasteiger partial charge is 0.435 e. The molecular weight excluding hydrogens is 290 g/mol. The highest BCUT2D eigenvalue weighted by Gasteiger charge is 2.27. The Labute approximate surface area is 129 Å². The normalized spacial score (nSPS) is 21.1. The van der Waals surface area contributed by atoms with E-state index in [0.29, 0.717) is 13.0 Å². The van der Waals surface area contributed by atoms with Crippen molar-refractivity contribution in [3.8, 4) is 5.75 Å². The van der Waals surface area contributed by atoms with Crippen molar-refractivity contribution in [3.05, 3.63) is 29.8 Å². The van der Waals surface area contributed by atoms with Gasteiger partial charge in [-0.3, -0.25) is 4.79 Å². The summed E-state index contributed by atoms with van der Waals surface area (Å²) in [5, 5.41) is 0. The maximum Gasteiger partial charge on any atom is 0.387 e. The third-order valence-corrected chi connectivity index (χ3v) is 4.15. The second-order valence-corrected chi connectivity index (χ2v) is 5.83. The third kappa shape index (κ3) is 4.66. The summed E-state index contributed by atoms with van der Waals surface area (Å²) in [6.07, 6.45) is 3.58. The van der Waals surface area contributed by atoms with Gasteiger partial charge in [-0.1, -0.05) is 18.6 Å². The number of nitrogens with two attached hydrogens (primary N) is 1. The average Bonchev–Trinajstić information content (AvgIpc) is 2.86. The van der Waals surface area contributed by atoms with Gasteiger partial charge in [-0.15, -0.1) is 0 Å². The van der Waals surface area contributed by atoms with Gasteiger partial charge in [-0.25, -0.2) is 0 Å². The summed E-state index contributed by atoms with van der Waals surface area (Å²) in [6.45, 7) is -2.39. The zero-order valence-electron chi connectivity index (χ0n) is 12.7. The molecule has 0 heterocycles. The molecule has 1 aliphatic rings. The van der Waals surface area contributed by atoms with Crippen LogP contribution in [0.25, 0.3) is 0 Å². The highest BCUT2D eigenvalue weighted by Crippen LogP contribution is 2.27. The summed E-state index contributed by atoms with van der Waals surface area (Å²) >= 11 is 0. The van der Waals surface area contributed by atoms with Gasteiger partial charge in [-0.05, 0) is 36.5 Å². The summed E-state index contributed by atoms with van der Waals surface area (Å²) in [6, 6.07) is 6.45. The second-order valence-electron chi connectivity index (χ2n) is 5.83. The second kappa shape index (κ2) is 7.54. The maximum atomic E-state index is 12.2. The van der Waals surface area contributed by atoms with Crippen molar-refractivity contribution in [2.45, 2.75) is 44.9 Å². The van der Waals surface area contributed by atoms with Crippen LogP contribution in [0.1, 0.15) is 31.2 Å². The number of ether oxygens (including phenoxy) is 1. The fourth-order valence-corrected chi connectivity index (χ4v) is 2.84. The number of amides is 1. The van der Waals surface area contributed by atoms with Crippen LogP contribution < -0.4 is 10.5 Å². The minimum Gasteiger partial charge on any atom is -0.435 e. The van der Waals surface area contributed by atoms with Crippen LogP contribution in [-0.2, 0) is 11.3 Å². The van der Waals surface area contributed by atoms with Crippen LogP contribution in [0, 0.1) is 5.92 Å². The van der Waals surface area contributed by atoms with Crippen LogP contribution in [0.15, 0.2) is 24.3 Å². The molecule has 1 amide bonds. The van der Waals surface area contributed by atoms with Crippen LogP contribution in [0.3, 0.4) is 0 Å². The molecule has 1 aromatic rings. The maximum absolute atomic E-state index is 12.2. The van der Waals surface area contributed by atoms with Crippen molar-refractivity contribution >= 4 is 5.91 Å². The van der Waals surface area contributed by atoms with E-state index in [4.69, 9.17) is 5.73 Å². The lowest BCUT2D eigenvalue weighted by Crippen LogP contribution is -2.32. The number of alkyl halides is 2. The van der Waals surface area contributed by atoms with Crippen molar-refractivity contribution in [1.29, 1.82) is 0 Å². The fourth-order valence-electron chi connectivity index (χ4n) is 2.84. The molecule has 4 nitrogen and oxygen atoms in total. The molecule has 0 radical (unpaired) electrons. The van der Waals surface area contributed by atoms with Gasteiger partial charge in [-0.2, -0.15) is 8.78 Å². The molecule has 122 valence electrons. The molecule has 1 saturated carbocycles. The summed E-state index contributed by atoms with van der Waals surface area (Å²) < 4.78 is 28.4. The number of rotatable bonds is 6. The van der Waals surface area contributed by atoms with Gasteiger partial charge in [0.05, 0.1) is 0 Å². The van der Waals surface area contributed by atoms with Gasteiger partial charge in [0, 0.05) is 26.1 Å². The Kier molecular flexibility index (Phi) is 5.71. The molecule has 1 aliphatic carbocycles. The number of hydrogen-bond acceptors (Lipinski definition) is 3. The summed E-state index contributed by atoms with van der Waals surface area (Å²) in [7, 11) is 1.74. The van der Waals surface area contributed by atoms with E-state index in [1.807, 2.05) is 0 Å². The van der Waals surface area contributed by atoms with Crippen molar-refractivity contribution in [1.82, 2.24) is 4.90 Å². The molecular formula is C16H22F2N2O2. The first kappa shape index (κ1) is 16.7. The van der Waals surface area contributed by atoms with Crippen molar-refractivity contribution < 1.29 is 18.3 Å². The smallest absolute Gasteiger partial charge is 0.387 e. The molecule has 0 unspecified atom stereocenters. The first-order valence-corrected chi connectivity index (χ1v) is 7.49. The zero-order chi connectivity index (χ0) is 16.1. The van der Waals surface area contributed by atoms with E-state index in [-0.39, 0.29) is 23.6 Å². The van der Waals surface area contributed by atoms with Crippen LogP contribution in [0.5, 0.6) is 5.75 Å². The molecule has 0 saturated heterocycles. The topological polar surface area (TPSA) is 55.6 Å². The molecule has 2 rings (SSSR count). The Hall–Kier alpha value is -1.69. The lowest BCUT2D eigenvalue weighted by atomic mass is 9.99. The SMILES string of the molecule is CN(Cc1ccc(OC(F)F)cc1)C(=O)C[C@@H]1CCC[C@H]1N. The number of nitrogens with zero attached hydrogens (tertiary/aromatic N) is 1. The van der Waals surface area contributed by atoms with Gasteiger partial charge in [0.15, 0.2) is 0 Å². The number of halogens is 2. The minimum atomic E-state index is -2.83. The molecule has 2 atom stereocenters. The van der Waals surface area contributed by atoms with E-state index in [0.717, 1.165) is 24.8 Å². The van der Waals surface area contributed by atoms with E-state index < -0.39 is 6.61 Å². The molecule has 22 heavy (non-hydrogen) atoms. The van der Waals surface area contributed by atoms with Gasteiger partial charge < -0.3 is 15.4 Å². The zero-order valence-corrected chi connectivity index (χ0v) is 12.7. The van der Waals surface area contributed by atoms with Crippen LogP contribution in [0.2, 0.25) is 0 Å². The summed E-state index contributed by atoms with van der Waals surface area (Å²) in [5.74, 6) is 0.455. The Morgan fingerprint density at radius 2 is 2.05 bits per heavy atom. The minimum absolute atomic E-state index is 0.0651. The van der Waals surface area contributed by atoms with E-state index in [2.05, 4.69) is 4.74 Å². The monoisotopic (exact) mass is 312 g/mol. The van der Waals surface area contributed by atoms with Gasteiger partial charge in [0.2, 0.25) is 5.91 Å². The van der Waals surface area contributed by atoms with E-state index >= 15 is 0 Å². The Morgan fingerprint density at radius 3 is 2.59 bits per heavy atom. The molecule has 6 heteroatoms. The molecule has 0 bridgehead atoms. The number of hydrogen-bond donors (Lipinski definition) is 1. The van der Waals surface area contributed by atoms with Gasteiger partial charge in [0.1, 0.15) is 5.75 Å². The lowest BCUT2D eigenvalue weighted by Gasteiger charge is -2.21. The van der Waals surface area contributed by atoms with Crippen LogP contribution >= 0.6 is 0 Å². The molecule has 1 fully saturated rings. The van der Waals surface area contributed by atoms with Crippen LogP contribution in [0.4, 0.5) is 8.78 Å². The highest BCUT2D eigenvalue weighted by molar-refractivity contribution is 5.76. The Morgan fingerprint density at radius 1 is 1.36 bits per heavy atom. The van der Waals surface area contributed by atoms with E-state index in [1.54, 1.807) is 24.1 Å². The van der Waals surface area contributed by atoms with E-state index in [9.17, 15) is 13.6 Å². The standard InChI is InChI=1S/C16H22F2N2O2/c1-20(15(21)9-12-3-2-4-14(12)19)10-11-5-7-13(8-6-11)22-16(17)18/h5-8,12,14,16H,2-4,9-10,19H2,1H3/t12-,14+/m0/s1. The molecule has 1 aromatic carbocycles. The van der Waals surface area contributed by atoms with Gasteiger partial charge in [0.25, 0.3) is 0 Å². The molecule has 0 spiro atoms. The Balaban J connectivity index is 1.85. The summed E-state index contributed by atoms with van der Waals surface area (Å²) in [4.78, 5) is 13.9. The van der Waals surface area contributed by atoms with Crippen molar-refractivity contribution in [2.24, 2.45) is 11.7 Å². The van der Waals surface area contributed by atoms with Crippen LogP contribution in [-0.4, -0.2) is 30.5 Å². The predicted octanol–water partition coefficient (Wildman–Crippen LogP) is 2.76. The van der Waals surface area contributed by atoms with Crippen molar-refractivity contribution in [3.63, 3.8) is 0 Å². The highest BCUT2D eigenvalue weighted by atomic mass is 19.3. The quantitative estimate of drug-likeness (QED) is 0.879. The molecule has 0 aliphatic heterocycles. The fraction of sp³-hybridized carbons (Fsp3) is 0.562. The van der Waals surface area contributed by atoms with Crippen molar-refractivity contribution in [2.75, 3.05) is 7.05 Å².